The summed E-state index contributed by atoms with van der Waals surface area (Å²) in [5.74, 6) is -1.50. The summed E-state index contributed by atoms with van der Waals surface area (Å²) >= 11 is 0. The van der Waals surface area contributed by atoms with Crippen molar-refractivity contribution in [2.75, 3.05) is 0 Å². The second kappa shape index (κ2) is 8.13. The molecular formula is C21H15NO6. The third-order valence-corrected chi connectivity index (χ3v) is 3.83. The fraction of sp³-hybridized carbons (Fsp3) is 0.0476. The predicted molar refractivity (Wildman–Crippen MR) is 101 cm³/mol. The minimum absolute atomic E-state index is 0.00686. The van der Waals surface area contributed by atoms with Crippen LogP contribution in [-0.2, 0) is 0 Å². The maximum absolute atomic E-state index is 12.6. The van der Waals surface area contributed by atoms with Crippen LogP contribution < -0.4 is 9.47 Å². The largest absolute Gasteiger partial charge is 0.423 e. The lowest BCUT2D eigenvalue weighted by atomic mass is 10.1. The zero-order valence-corrected chi connectivity index (χ0v) is 14.8. The van der Waals surface area contributed by atoms with Crippen molar-refractivity contribution in [3.63, 3.8) is 0 Å². The van der Waals surface area contributed by atoms with Crippen molar-refractivity contribution in [2.45, 2.75) is 6.92 Å². The number of carbonyl (C=O) groups excluding carboxylic acids is 2. The molecule has 0 spiro atoms. The Labute approximate surface area is 160 Å². The molecular weight excluding hydrogens is 362 g/mol. The molecule has 0 heterocycles. The number of carbonyl (C=O) groups is 2. The van der Waals surface area contributed by atoms with E-state index in [-0.39, 0.29) is 22.6 Å². The summed E-state index contributed by atoms with van der Waals surface area (Å²) in [6, 6.07) is 18.4. The van der Waals surface area contributed by atoms with Gasteiger partial charge in [0, 0.05) is 6.07 Å². The lowest BCUT2D eigenvalue weighted by Gasteiger charge is -2.10. The van der Waals surface area contributed by atoms with Gasteiger partial charge in [-0.15, -0.1) is 0 Å². The van der Waals surface area contributed by atoms with E-state index >= 15 is 0 Å². The van der Waals surface area contributed by atoms with Gasteiger partial charge in [0.15, 0.2) is 0 Å². The molecule has 0 aromatic heterocycles. The molecule has 0 fully saturated rings. The van der Waals surface area contributed by atoms with Crippen molar-refractivity contribution in [1.82, 2.24) is 0 Å². The molecule has 0 aliphatic heterocycles. The lowest BCUT2D eigenvalue weighted by molar-refractivity contribution is -0.385. The first-order valence-electron chi connectivity index (χ1n) is 8.29. The topological polar surface area (TPSA) is 95.7 Å². The average Bonchev–Trinajstić information content (AvgIpc) is 2.68. The molecule has 0 aliphatic carbocycles. The normalized spacial score (nSPS) is 10.2. The molecule has 0 atom stereocenters. The first kappa shape index (κ1) is 18.8. The summed E-state index contributed by atoms with van der Waals surface area (Å²) in [4.78, 5) is 35.5. The highest BCUT2D eigenvalue weighted by Gasteiger charge is 2.23. The smallest absolute Gasteiger partial charge is 0.344 e. The van der Waals surface area contributed by atoms with Crippen LogP contribution in [-0.4, -0.2) is 16.9 Å². The minimum atomic E-state index is -0.897. The van der Waals surface area contributed by atoms with Gasteiger partial charge in [-0.2, -0.15) is 0 Å². The Morgan fingerprint density at radius 3 is 2.07 bits per heavy atom. The molecule has 0 saturated carbocycles. The number of nitro benzene ring substituents is 1. The van der Waals surface area contributed by atoms with Crippen LogP contribution in [0.5, 0.6) is 11.5 Å². The molecule has 0 amide bonds. The highest BCUT2D eigenvalue weighted by molar-refractivity contribution is 6.04. The number of nitro groups is 1. The van der Waals surface area contributed by atoms with Crippen molar-refractivity contribution in [3.8, 4) is 11.5 Å². The predicted octanol–water partition coefficient (Wildman–Crippen LogP) is 4.34. The van der Waals surface area contributed by atoms with Crippen LogP contribution in [0.1, 0.15) is 26.3 Å². The van der Waals surface area contributed by atoms with Crippen molar-refractivity contribution in [3.05, 3.63) is 99.6 Å². The van der Waals surface area contributed by atoms with E-state index in [0.717, 1.165) is 5.56 Å². The third-order valence-electron chi connectivity index (χ3n) is 3.83. The number of ether oxygens (including phenoxy) is 2. The van der Waals surface area contributed by atoms with Gasteiger partial charge in [-0.1, -0.05) is 36.4 Å². The van der Waals surface area contributed by atoms with Gasteiger partial charge in [0.25, 0.3) is 0 Å². The van der Waals surface area contributed by atoms with Crippen LogP contribution in [0, 0.1) is 17.0 Å². The Morgan fingerprint density at radius 2 is 1.43 bits per heavy atom. The highest BCUT2D eigenvalue weighted by atomic mass is 16.6. The number of aryl methyl sites for hydroxylation is 1. The van der Waals surface area contributed by atoms with E-state index in [0.29, 0.717) is 5.75 Å². The molecule has 3 rings (SSSR count). The molecule has 3 aromatic carbocycles. The number of nitrogens with zero attached hydrogens (tertiary/aromatic N) is 1. The maximum atomic E-state index is 12.6. The second-order valence-corrected chi connectivity index (χ2v) is 5.87. The first-order chi connectivity index (χ1) is 13.5. The van der Waals surface area contributed by atoms with Gasteiger partial charge in [-0.3, -0.25) is 10.1 Å². The van der Waals surface area contributed by atoms with E-state index in [2.05, 4.69) is 0 Å². The molecule has 7 nitrogen and oxygen atoms in total. The van der Waals surface area contributed by atoms with Gasteiger partial charge in [0.1, 0.15) is 5.75 Å². The van der Waals surface area contributed by atoms with Crippen LogP contribution in [0.3, 0.4) is 0 Å². The van der Waals surface area contributed by atoms with Crippen molar-refractivity contribution in [2.24, 2.45) is 0 Å². The fourth-order valence-corrected chi connectivity index (χ4v) is 2.53. The number of esters is 2. The molecule has 140 valence electrons. The van der Waals surface area contributed by atoms with Crippen LogP contribution >= 0.6 is 0 Å². The SMILES string of the molecule is Cc1cccc(OC(=O)c2ccccc2C(=O)Oc2ccccc2[N+](=O)[O-])c1. The van der Waals surface area contributed by atoms with Gasteiger partial charge in [-0.05, 0) is 42.8 Å². The van der Waals surface area contributed by atoms with Crippen molar-refractivity contribution < 1.29 is 24.0 Å². The monoisotopic (exact) mass is 377 g/mol. The molecule has 3 aromatic rings. The Kier molecular flexibility index (Phi) is 5.45. The molecule has 0 radical (unpaired) electrons. The summed E-state index contributed by atoms with van der Waals surface area (Å²) in [6.07, 6.45) is 0. The Morgan fingerprint density at radius 1 is 0.821 bits per heavy atom. The van der Waals surface area contributed by atoms with Crippen LogP contribution in [0.25, 0.3) is 0 Å². The summed E-state index contributed by atoms with van der Waals surface area (Å²) in [5.41, 5.74) is 0.496. The Bertz CT molecular complexity index is 1060. The van der Waals surface area contributed by atoms with E-state index in [1.165, 1.54) is 36.4 Å². The Balaban J connectivity index is 1.87. The van der Waals surface area contributed by atoms with E-state index < -0.39 is 16.9 Å². The zero-order chi connectivity index (χ0) is 20.1. The third kappa shape index (κ3) is 4.21. The minimum Gasteiger partial charge on any atom is -0.423 e. The molecule has 0 bridgehead atoms. The maximum Gasteiger partial charge on any atom is 0.344 e. The summed E-state index contributed by atoms with van der Waals surface area (Å²) in [7, 11) is 0. The van der Waals surface area contributed by atoms with Crippen LogP contribution in [0.2, 0.25) is 0 Å². The molecule has 0 saturated heterocycles. The van der Waals surface area contributed by atoms with Gasteiger partial charge >= 0.3 is 17.6 Å². The van der Waals surface area contributed by atoms with Crippen LogP contribution in [0.4, 0.5) is 5.69 Å². The van der Waals surface area contributed by atoms with Gasteiger partial charge < -0.3 is 9.47 Å². The molecule has 0 unspecified atom stereocenters. The quantitative estimate of drug-likeness (QED) is 0.284. The second-order valence-electron chi connectivity index (χ2n) is 5.87. The van der Waals surface area contributed by atoms with Crippen molar-refractivity contribution >= 4 is 17.6 Å². The molecule has 28 heavy (non-hydrogen) atoms. The summed E-state index contributed by atoms with van der Waals surface area (Å²) in [6.45, 7) is 1.86. The van der Waals surface area contributed by atoms with E-state index in [4.69, 9.17) is 9.47 Å². The van der Waals surface area contributed by atoms with Crippen LogP contribution in [0.15, 0.2) is 72.8 Å². The molecule has 0 N–H and O–H groups in total. The molecule has 7 heteroatoms. The number of rotatable bonds is 5. The van der Waals surface area contributed by atoms with Gasteiger partial charge in [-0.25, -0.2) is 9.59 Å². The van der Waals surface area contributed by atoms with Crippen molar-refractivity contribution in [1.29, 1.82) is 0 Å². The number of benzene rings is 3. The van der Waals surface area contributed by atoms with Gasteiger partial charge in [0.05, 0.1) is 16.1 Å². The number of hydrogen-bond donors (Lipinski definition) is 0. The highest BCUT2D eigenvalue weighted by Crippen LogP contribution is 2.27. The lowest BCUT2D eigenvalue weighted by Crippen LogP contribution is -2.17. The van der Waals surface area contributed by atoms with E-state index in [1.54, 1.807) is 30.3 Å². The zero-order valence-electron chi connectivity index (χ0n) is 14.8. The standard InChI is InChI=1S/C21H15NO6/c1-14-7-6-8-15(13-14)27-20(23)16-9-2-3-10-17(16)21(24)28-19-12-5-4-11-18(19)22(25)26/h2-13H,1H3. The van der Waals surface area contributed by atoms with E-state index in [1.807, 2.05) is 13.0 Å². The summed E-state index contributed by atoms with van der Waals surface area (Å²) < 4.78 is 10.5. The number of hydrogen-bond acceptors (Lipinski definition) is 6. The molecule has 0 aliphatic rings. The van der Waals surface area contributed by atoms with E-state index in [9.17, 15) is 19.7 Å². The Hall–Kier alpha value is -4.00. The summed E-state index contributed by atoms with van der Waals surface area (Å²) in [5, 5.41) is 11.1. The first-order valence-corrected chi connectivity index (χ1v) is 8.29. The fourth-order valence-electron chi connectivity index (χ4n) is 2.53. The number of para-hydroxylation sites is 2. The van der Waals surface area contributed by atoms with Gasteiger partial charge in [0.2, 0.25) is 5.75 Å². The average molecular weight is 377 g/mol.